The third-order valence-electron chi connectivity index (χ3n) is 4.47. The van der Waals surface area contributed by atoms with Crippen molar-refractivity contribution in [2.75, 3.05) is 7.11 Å². The summed E-state index contributed by atoms with van der Waals surface area (Å²) in [6.07, 6.45) is 1.89. The lowest BCUT2D eigenvalue weighted by Crippen LogP contribution is -1.99. The molecule has 0 amide bonds. The van der Waals surface area contributed by atoms with Crippen LogP contribution in [0.4, 0.5) is 0 Å². The molecule has 0 saturated heterocycles. The zero-order chi connectivity index (χ0) is 15.8. The van der Waals surface area contributed by atoms with Gasteiger partial charge in [-0.05, 0) is 29.8 Å². The molecule has 0 saturated carbocycles. The van der Waals surface area contributed by atoms with E-state index in [-0.39, 0.29) is 5.92 Å². The summed E-state index contributed by atoms with van der Waals surface area (Å²) in [4.78, 5) is 8.19. The zero-order valence-electron chi connectivity index (χ0n) is 13.2. The van der Waals surface area contributed by atoms with E-state index < -0.39 is 0 Å². The van der Waals surface area contributed by atoms with Crippen LogP contribution in [0.1, 0.15) is 24.1 Å². The van der Waals surface area contributed by atoms with Crippen molar-refractivity contribution in [2.24, 2.45) is 0 Å². The topological polar surface area (TPSA) is 37.9 Å². The Labute approximate surface area is 134 Å². The molecule has 0 bridgehead atoms. The van der Waals surface area contributed by atoms with Crippen LogP contribution < -0.4 is 4.74 Å². The van der Waals surface area contributed by atoms with Gasteiger partial charge in [0.05, 0.1) is 18.3 Å². The predicted octanol–water partition coefficient (Wildman–Crippen LogP) is 4.88. The lowest BCUT2D eigenvalue weighted by Gasteiger charge is -2.12. The zero-order valence-corrected chi connectivity index (χ0v) is 13.2. The van der Waals surface area contributed by atoms with E-state index in [4.69, 9.17) is 4.74 Å². The molecule has 3 heteroatoms. The summed E-state index contributed by atoms with van der Waals surface area (Å²) in [7, 11) is 1.69. The van der Waals surface area contributed by atoms with Gasteiger partial charge in [-0.15, -0.1) is 0 Å². The minimum Gasteiger partial charge on any atom is -0.497 e. The lowest BCUT2D eigenvalue weighted by atomic mass is 9.96. The monoisotopic (exact) mass is 302 g/mol. The number of aromatic amines is 1. The Kier molecular flexibility index (Phi) is 3.27. The van der Waals surface area contributed by atoms with E-state index in [0.29, 0.717) is 0 Å². The van der Waals surface area contributed by atoms with Crippen molar-refractivity contribution in [3.05, 3.63) is 72.1 Å². The maximum Gasteiger partial charge on any atom is 0.119 e. The molecule has 1 N–H and O–H groups in total. The van der Waals surface area contributed by atoms with Crippen molar-refractivity contribution >= 4 is 21.8 Å². The van der Waals surface area contributed by atoms with E-state index in [9.17, 15) is 0 Å². The highest BCUT2D eigenvalue weighted by molar-refractivity contribution is 6.08. The highest BCUT2D eigenvalue weighted by atomic mass is 16.5. The van der Waals surface area contributed by atoms with Crippen molar-refractivity contribution in [2.45, 2.75) is 12.8 Å². The number of fused-ring (bicyclic) bond motifs is 3. The van der Waals surface area contributed by atoms with Gasteiger partial charge in [-0.1, -0.05) is 37.3 Å². The number of ether oxygens (including phenoxy) is 1. The Morgan fingerprint density at radius 1 is 1.00 bits per heavy atom. The standard InChI is InChI=1S/C20H18N2O/c1-13(14-6-4-3-5-7-14)19-20-16(10-11-21-19)17-12-15(23-2)8-9-18(17)22-20/h3-13,22H,1-2H3. The third kappa shape index (κ3) is 2.25. The number of aromatic nitrogens is 2. The van der Waals surface area contributed by atoms with Gasteiger partial charge in [-0.25, -0.2) is 0 Å². The quantitative estimate of drug-likeness (QED) is 0.586. The van der Waals surface area contributed by atoms with Gasteiger partial charge in [-0.2, -0.15) is 0 Å². The van der Waals surface area contributed by atoms with E-state index >= 15 is 0 Å². The smallest absolute Gasteiger partial charge is 0.119 e. The maximum absolute atomic E-state index is 5.36. The molecule has 114 valence electrons. The molecule has 2 aromatic heterocycles. The molecule has 0 aliphatic rings. The molecule has 0 fully saturated rings. The van der Waals surface area contributed by atoms with Crippen LogP contribution >= 0.6 is 0 Å². The van der Waals surface area contributed by atoms with Gasteiger partial charge in [0.25, 0.3) is 0 Å². The lowest BCUT2D eigenvalue weighted by molar-refractivity contribution is 0.415. The predicted molar refractivity (Wildman–Crippen MR) is 94.1 cm³/mol. The summed E-state index contributed by atoms with van der Waals surface area (Å²) in [5, 5.41) is 2.36. The molecule has 4 aromatic rings. The minimum atomic E-state index is 0.231. The van der Waals surface area contributed by atoms with Crippen LogP contribution in [0.5, 0.6) is 5.75 Å². The summed E-state index contributed by atoms with van der Waals surface area (Å²) >= 11 is 0. The molecule has 0 aliphatic carbocycles. The van der Waals surface area contributed by atoms with Crippen LogP contribution in [0.3, 0.4) is 0 Å². The van der Waals surface area contributed by atoms with Crippen molar-refractivity contribution in [3.8, 4) is 5.75 Å². The van der Waals surface area contributed by atoms with Gasteiger partial charge < -0.3 is 9.72 Å². The summed E-state index contributed by atoms with van der Waals surface area (Å²) < 4.78 is 5.36. The van der Waals surface area contributed by atoms with E-state index in [1.165, 1.54) is 16.3 Å². The van der Waals surface area contributed by atoms with E-state index in [2.05, 4.69) is 59.4 Å². The summed E-state index contributed by atoms with van der Waals surface area (Å²) in [5.74, 6) is 1.10. The van der Waals surface area contributed by atoms with Gasteiger partial charge in [0.1, 0.15) is 5.75 Å². The van der Waals surface area contributed by atoms with Gasteiger partial charge in [-0.3, -0.25) is 4.98 Å². The molecule has 0 spiro atoms. The van der Waals surface area contributed by atoms with E-state index in [0.717, 1.165) is 22.5 Å². The van der Waals surface area contributed by atoms with Gasteiger partial charge in [0.2, 0.25) is 0 Å². The average Bonchev–Trinajstić information content (AvgIpc) is 2.99. The molecule has 0 aliphatic heterocycles. The number of pyridine rings is 1. The first-order valence-electron chi connectivity index (χ1n) is 7.77. The second-order valence-electron chi connectivity index (χ2n) is 5.79. The Morgan fingerprint density at radius 3 is 2.61 bits per heavy atom. The number of hydrogen-bond donors (Lipinski definition) is 1. The Bertz CT molecular complexity index is 973. The van der Waals surface area contributed by atoms with Crippen molar-refractivity contribution in [3.63, 3.8) is 0 Å². The van der Waals surface area contributed by atoms with E-state index in [1.807, 2.05) is 18.3 Å². The number of rotatable bonds is 3. The largest absolute Gasteiger partial charge is 0.497 e. The molecule has 1 unspecified atom stereocenters. The maximum atomic E-state index is 5.36. The minimum absolute atomic E-state index is 0.231. The fourth-order valence-corrected chi connectivity index (χ4v) is 3.18. The number of nitrogens with zero attached hydrogens (tertiary/aromatic N) is 1. The fraction of sp³-hybridized carbons (Fsp3) is 0.150. The molecular weight excluding hydrogens is 284 g/mol. The highest BCUT2D eigenvalue weighted by Crippen LogP contribution is 2.33. The first-order chi connectivity index (χ1) is 11.3. The highest BCUT2D eigenvalue weighted by Gasteiger charge is 2.16. The SMILES string of the molecule is COc1ccc2[nH]c3c(C(C)c4ccccc4)nccc3c2c1. The Balaban J connectivity index is 1.94. The molecule has 23 heavy (non-hydrogen) atoms. The van der Waals surface area contributed by atoms with Crippen molar-refractivity contribution in [1.29, 1.82) is 0 Å². The number of nitrogens with one attached hydrogen (secondary N) is 1. The fourth-order valence-electron chi connectivity index (χ4n) is 3.18. The third-order valence-corrected chi connectivity index (χ3v) is 4.47. The number of methoxy groups -OCH3 is 1. The number of hydrogen-bond acceptors (Lipinski definition) is 2. The Hall–Kier alpha value is -2.81. The molecular formula is C20H18N2O. The Morgan fingerprint density at radius 2 is 1.83 bits per heavy atom. The van der Waals surface area contributed by atoms with Crippen LogP contribution in [0.25, 0.3) is 21.8 Å². The molecule has 4 rings (SSSR count). The molecule has 2 aromatic carbocycles. The molecule has 3 nitrogen and oxygen atoms in total. The number of benzene rings is 2. The first kappa shape index (κ1) is 13.8. The van der Waals surface area contributed by atoms with E-state index in [1.54, 1.807) is 7.11 Å². The van der Waals surface area contributed by atoms with Crippen LogP contribution in [0.15, 0.2) is 60.8 Å². The van der Waals surface area contributed by atoms with Crippen LogP contribution in [0, 0.1) is 0 Å². The van der Waals surface area contributed by atoms with Crippen molar-refractivity contribution in [1.82, 2.24) is 9.97 Å². The normalized spacial score (nSPS) is 12.6. The molecule has 0 radical (unpaired) electrons. The summed E-state index contributed by atoms with van der Waals surface area (Å²) in [6.45, 7) is 2.20. The van der Waals surface area contributed by atoms with Gasteiger partial charge in [0, 0.05) is 28.4 Å². The van der Waals surface area contributed by atoms with Gasteiger partial charge in [0.15, 0.2) is 0 Å². The van der Waals surface area contributed by atoms with Crippen LogP contribution in [0.2, 0.25) is 0 Å². The summed E-state index contributed by atoms with van der Waals surface area (Å²) in [6, 6.07) is 18.7. The van der Waals surface area contributed by atoms with Gasteiger partial charge >= 0.3 is 0 Å². The molecule has 2 heterocycles. The summed E-state index contributed by atoms with van der Waals surface area (Å²) in [5.41, 5.74) is 4.55. The molecule has 1 atom stereocenters. The van der Waals surface area contributed by atoms with Crippen LogP contribution in [-0.2, 0) is 0 Å². The average molecular weight is 302 g/mol. The second-order valence-corrected chi connectivity index (χ2v) is 5.79. The second kappa shape index (κ2) is 5.43. The number of H-pyrrole nitrogens is 1. The van der Waals surface area contributed by atoms with Crippen LogP contribution in [-0.4, -0.2) is 17.1 Å². The first-order valence-corrected chi connectivity index (χ1v) is 7.77. The van der Waals surface area contributed by atoms with Crippen molar-refractivity contribution < 1.29 is 4.74 Å².